The summed E-state index contributed by atoms with van der Waals surface area (Å²) in [6, 6.07) is 20.1. The number of hydrogen-bond donors (Lipinski definition) is 2. The van der Waals surface area contributed by atoms with Gasteiger partial charge >= 0.3 is 0 Å². The lowest BCUT2D eigenvalue weighted by Gasteiger charge is -2.29. The van der Waals surface area contributed by atoms with Crippen LogP contribution in [0.1, 0.15) is 45.1 Å². The number of aliphatic hydroxyl groups excluding tert-OH is 1. The Balaban J connectivity index is 1.90. The Morgan fingerprint density at radius 1 is 1.03 bits per heavy atom. The molecule has 0 spiro atoms. The van der Waals surface area contributed by atoms with E-state index in [1.54, 1.807) is 0 Å². The van der Waals surface area contributed by atoms with Crippen LogP contribution in [0.25, 0.3) is 0 Å². The van der Waals surface area contributed by atoms with Crippen LogP contribution in [0.5, 0.6) is 0 Å². The van der Waals surface area contributed by atoms with Gasteiger partial charge in [0.25, 0.3) is 0 Å². The number of para-hydroxylation sites is 1. The third kappa shape index (κ3) is 5.48. The number of unbranched alkanes of at least 4 members (excludes halogenated alkanes) is 2. The standard InChI is InChI=1S/C25H33N3O2/c1-19(2)18-22-23(25(30)26-16-10-5-11-17-29)24(20-12-6-3-7-13-20)27-28(22)21-14-8-4-9-15-21/h3-4,6-9,12-15,19,22-23,29H,5,10-11,16-18H2,1-2H3,(H,26,30). The maximum atomic E-state index is 13.4. The molecule has 2 unspecified atom stereocenters. The van der Waals surface area contributed by atoms with Gasteiger partial charge < -0.3 is 10.4 Å². The van der Waals surface area contributed by atoms with Crippen LogP contribution in [0.15, 0.2) is 65.8 Å². The minimum absolute atomic E-state index is 0.0277. The van der Waals surface area contributed by atoms with Gasteiger partial charge in [-0.3, -0.25) is 9.80 Å². The van der Waals surface area contributed by atoms with Crippen LogP contribution < -0.4 is 10.3 Å². The number of benzene rings is 2. The fourth-order valence-corrected chi connectivity index (χ4v) is 4.00. The van der Waals surface area contributed by atoms with E-state index in [1.165, 1.54) is 0 Å². The lowest BCUT2D eigenvalue weighted by atomic mass is 9.85. The predicted octanol–water partition coefficient (Wildman–Crippen LogP) is 4.22. The van der Waals surface area contributed by atoms with E-state index in [0.717, 1.165) is 42.6 Å². The molecule has 1 amide bonds. The van der Waals surface area contributed by atoms with Gasteiger partial charge in [0.2, 0.25) is 5.91 Å². The molecule has 2 aromatic carbocycles. The molecule has 0 bridgehead atoms. The molecule has 0 saturated heterocycles. The minimum atomic E-state index is -0.326. The number of hydrazone groups is 1. The first kappa shape index (κ1) is 22.0. The van der Waals surface area contributed by atoms with E-state index >= 15 is 0 Å². The average molecular weight is 408 g/mol. The Labute approximate surface area is 179 Å². The number of amides is 1. The summed E-state index contributed by atoms with van der Waals surface area (Å²) in [7, 11) is 0. The number of nitrogens with zero attached hydrogens (tertiary/aromatic N) is 2. The topological polar surface area (TPSA) is 64.9 Å². The quantitative estimate of drug-likeness (QED) is 0.580. The maximum absolute atomic E-state index is 13.4. The third-order valence-corrected chi connectivity index (χ3v) is 5.43. The number of aliphatic hydroxyl groups is 1. The van der Waals surface area contributed by atoms with Crippen molar-refractivity contribution in [3.05, 3.63) is 66.2 Å². The molecule has 5 heteroatoms. The molecule has 1 aliphatic rings. The first-order chi connectivity index (χ1) is 14.6. The Bertz CT molecular complexity index is 821. The highest BCUT2D eigenvalue weighted by atomic mass is 16.2. The lowest BCUT2D eigenvalue weighted by Crippen LogP contribution is -2.44. The molecule has 2 N–H and O–H groups in total. The number of nitrogens with one attached hydrogen (secondary N) is 1. The summed E-state index contributed by atoms with van der Waals surface area (Å²) in [5, 5.41) is 19.1. The maximum Gasteiger partial charge on any atom is 0.231 e. The second kappa shape index (κ2) is 10.9. The van der Waals surface area contributed by atoms with E-state index in [1.807, 2.05) is 53.5 Å². The van der Waals surface area contributed by atoms with Crippen LogP contribution >= 0.6 is 0 Å². The summed E-state index contributed by atoms with van der Waals surface area (Å²) in [6.07, 6.45) is 3.42. The van der Waals surface area contributed by atoms with Crippen molar-refractivity contribution in [2.45, 2.75) is 45.6 Å². The number of carbonyl (C=O) groups is 1. The van der Waals surface area contributed by atoms with Crippen molar-refractivity contribution < 1.29 is 9.90 Å². The third-order valence-electron chi connectivity index (χ3n) is 5.43. The van der Waals surface area contributed by atoms with E-state index in [-0.39, 0.29) is 24.5 Å². The summed E-state index contributed by atoms with van der Waals surface area (Å²) in [4.78, 5) is 13.4. The predicted molar refractivity (Wildman–Crippen MR) is 123 cm³/mol. The molecule has 3 rings (SSSR count). The van der Waals surface area contributed by atoms with Crippen LogP contribution in [-0.4, -0.2) is 35.9 Å². The lowest BCUT2D eigenvalue weighted by molar-refractivity contribution is -0.123. The Morgan fingerprint density at radius 3 is 2.33 bits per heavy atom. The monoisotopic (exact) mass is 407 g/mol. The zero-order valence-corrected chi connectivity index (χ0v) is 18.0. The van der Waals surface area contributed by atoms with Gasteiger partial charge in [-0.1, -0.05) is 62.4 Å². The number of carbonyl (C=O) groups excluding carboxylic acids is 1. The van der Waals surface area contributed by atoms with E-state index in [9.17, 15) is 4.79 Å². The van der Waals surface area contributed by atoms with Crippen molar-refractivity contribution in [2.24, 2.45) is 16.9 Å². The summed E-state index contributed by atoms with van der Waals surface area (Å²) < 4.78 is 0. The zero-order valence-electron chi connectivity index (χ0n) is 18.0. The van der Waals surface area contributed by atoms with Gasteiger partial charge in [-0.05, 0) is 49.3 Å². The Hall–Kier alpha value is -2.66. The molecule has 0 aliphatic carbocycles. The molecule has 30 heavy (non-hydrogen) atoms. The van der Waals surface area contributed by atoms with E-state index in [0.29, 0.717) is 12.5 Å². The number of hydrogen-bond acceptors (Lipinski definition) is 4. The second-order valence-corrected chi connectivity index (χ2v) is 8.28. The van der Waals surface area contributed by atoms with E-state index < -0.39 is 0 Å². The molecule has 2 atom stereocenters. The summed E-state index contributed by atoms with van der Waals surface area (Å²) in [5.41, 5.74) is 2.83. The van der Waals surface area contributed by atoms with Crippen LogP contribution in [0.4, 0.5) is 5.69 Å². The smallest absolute Gasteiger partial charge is 0.231 e. The first-order valence-electron chi connectivity index (χ1n) is 11.0. The summed E-state index contributed by atoms with van der Waals surface area (Å²) in [6.45, 7) is 5.20. The second-order valence-electron chi connectivity index (χ2n) is 8.28. The van der Waals surface area contributed by atoms with Gasteiger partial charge in [-0.25, -0.2) is 0 Å². The average Bonchev–Trinajstić information content (AvgIpc) is 3.13. The number of anilines is 1. The van der Waals surface area contributed by atoms with Crippen molar-refractivity contribution in [3.8, 4) is 0 Å². The minimum Gasteiger partial charge on any atom is -0.396 e. The summed E-state index contributed by atoms with van der Waals surface area (Å²) in [5.74, 6) is 0.143. The zero-order chi connectivity index (χ0) is 21.3. The highest BCUT2D eigenvalue weighted by molar-refractivity contribution is 6.15. The van der Waals surface area contributed by atoms with Crippen LogP contribution in [0.2, 0.25) is 0 Å². The Kier molecular flexibility index (Phi) is 8.03. The van der Waals surface area contributed by atoms with Crippen LogP contribution in [0.3, 0.4) is 0 Å². The van der Waals surface area contributed by atoms with E-state index in [2.05, 4.69) is 31.3 Å². The SMILES string of the molecule is CC(C)CC1C(C(=O)NCCCCCO)C(c2ccccc2)=NN1c1ccccc1. The molecule has 5 nitrogen and oxygen atoms in total. The van der Waals surface area contributed by atoms with Crippen molar-refractivity contribution >= 4 is 17.3 Å². The Morgan fingerprint density at radius 2 is 1.70 bits per heavy atom. The molecule has 0 radical (unpaired) electrons. The molecule has 1 heterocycles. The van der Waals surface area contributed by atoms with Gasteiger partial charge in [-0.2, -0.15) is 5.10 Å². The summed E-state index contributed by atoms with van der Waals surface area (Å²) >= 11 is 0. The van der Waals surface area contributed by atoms with Crippen LogP contribution in [-0.2, 0) is 4.79 Å². The molecule has 160 valence electrons. The molecule has 1 aliphatic heterocycles. The fourth-order valence-electron chi connectivity index (χ4n) is 4.00. The normalized spacial score (nSPS) is 18.5. The van der Waals surface area contributed by atoms with Crippen molar-refractivity contribution in [2.75, 3.05) is 18.2 Å². The molecule has 0 fully saturated rings. The van der Waals surface area contributed by atoms with Gasteiger partial charge in [0, 0.05) is 13.2 Å². The van der Waals surface area contributed by atoms with Gasteiger partial charge in [0.05, 0.1) is 17.4 Å². The van der Waals surface area contributed by atoms with Gasteiger partial charge in [0.15, 0.2) is 0 Å². The molecule has 0 aromatic heterocycles. The van der Waals surface area contributed by atoms with Crippen molar-refractivity contribution in [3.63, 3.8) is 0 Å². The van der Waals surface area contributed by atoms with Gasteiger partial charge in [0.1, 0.15) is 5.92 Å². The largest absolute Gasteiger partial charge is 0.396 e. The molecular formula is C25H33N3O2. The molecule has 0 saturated carbocycles. The highest BCUT2D eigenvalue weighted by Crippen LogP contribution is 2.34. The fraction of sp³-hybridized carbons (Fsp3) is 0.440. The van der Waals surface area contributed by atoms with Gasteiger partial charge in [-0.15, -0.1) is 0 Å². The molecule has 2 aromatic rings. The van der Waals surface area contributed by atoms with Crippen molar-refractivity contribution in [1.29, 1.82) is 0 Å². The highest BCUT2D eigenvalue weighted by Gasteiger charge is 2.43. The van der Waals surface area contributed by atoms with Crippen LogP contribution in [0, 0.1) is 11.8 Å². The number of rotatable bonds is 10. The van der Waals surface area contributed by atoms with E-state index in [4.69, 9.17) is 10.2 Å². The van der Waals surface area contributed by atoms with Crippen molar-refractivity contribution in [1.82, 2.24) is 5.32 Å². The first-order valence-corrected chi connectivity index (χ1v) is 11.0. The molecular weight excluding hydrogens is 374 g/mol.